The molecule has 0 aromatic rings. The van der Waals surface area contributed by atoms with E-state index in [9.17, 15) is 9.59 Å². The van der Waals surface area contributed by atoms with Crippen LogP contribution in [0, 0.1) is 0 Å². The van der Waals surface area contributed by atoms with E-state index < -0.39 is 11.6 Å². The highest BCUT2D eigenvalue weighted by Crippen LogP contribution is 2.18. The van der Waals surface area contributed by atoms with E-state index in [4.69, 9.17) is 4.74 Å². The molecule has 5 nitrogen and oxygen atoms in total. The number of nitrogens with one attached hydrogen (secondary N) is 1. The first-order chi connectivity index (χ1) is 7.79. The molecule has 0 saturated carbocycles. The molecule has 0 aromatic carbocycles. The summed E-state index contributed by atoms with van der Waals surface area (Å²) in [5, 5.41) is 2.72. The lowest BCUT2D eigenvalue weighted by molar-refractivity contribution is -0.154. The van der Waals surface area contributed by atoms with Crippen LogP contribution in [0.1, 0.15) is 34.6 Å². The quantitative estimate of drug-likeness (QED) is 0.782. The van der Waals surface area contributed by atoms with E-state index in [2.05, 4.69) is 5.32 Å². The summed E-state index contributed by atoms with van der Waals surface area (Å²) in [5.41, 5.74) is -0.824. The van der Waals surface area contributed by atoms with Crippen molar-refractivity contribution in [1.82, 2.24) is 10.2 Å². The minimum absolute atomic E-state index is 0.0591. The third-order valence-corrected chi connectivity index (χ3v) is 2.98. The SMILES string of the molecule is CCOC(C)CN1C(=O)C(C)(C)NC(=O)C1C. The van der Waals surface area contributed by atoms with E-state index in [1.807, 2.05) is 13.8 Å². The third kappa shape index (κ3) is 2.97. The highest BCUT2D eigenvalue weighted by molar-refractivity contribution is 5.99. The zero-order valence-corrected chi connectivity index (χ0v) is 11.2. The van der Waals surface area contributed by atoms with Gasteiger partial charge in [0.05, 0.1) is 6.10 Å². The molecule has 5 heteroatoms. The summed E-state index contributed by atoms with van der Waals surface area (Å²) in [7, 11) is 0. The van der Waals surface area contributed by atoms with Crippen LogP contribution in [0.25, 0.3) is 0 Å². The van der Waals surface area contributed by atoms with Crippen molar-refractivity contribution in [2.45, 2.75) is 52.3 Å². The molecule has 2 unspecified atom stereocenters. The second-order valence-corrected chi connectivity index (χ2v) is 5.01. The van der Waals surface area contributed by atoms with Gasteiger partial charge < -0.3 is 15.0 Å². The Labute approximate surface area is 102 Å². The van der Waals surface area contributed by atoms with Gasteiger partial charge in [-0.3, -0.25) is 9.59 Å². The van der Waals surface area contributed by atoms with Gasteiger partial charge >= 0.3 is 0 Å². The molecule has 98 valence electrons. The molecule has 1 rings (SSSR count). The molecule has 0 spiro atoms. The first kappa shape index (κ1) is 14.0. The minimum Gasteiger partial charge on any atom is -0.377 e. The lowest BCUT2D eigenvalue weighted by atomic mass is 9.97. The fourth-order valence-corrected chi connectivity index (χ4v) is 2.00. The molecule has 0 aliphatic carbocycles. The standard InChI is InChI=1S/C12H22N2O3/c1-6-17-8(2)7-14-9(3)10(15)13-12(4,5)11(14)16/h8-9H,6-7H2,1-5H3,(H,13,15). The summed E-state index contributed by atoms with van der Waals surface area (Å²) >= 11 is 0. The molecule has 1 N–H and O–H groups in total. The van der Waals surface area contributed by atoms with Crippen LogP contribution in [-0.4, -0.2) is 47.6 Å². The van der Waals surface area contributed by atoms with E-state index in [1.165, 1.54) is 0 Å². The van der Waals surface area contributed by atoms with Crippen molar-refractivity contribution in [3.63, 3.8) is 0 Å². The summed E-state index contributed by atoms with van der Waals surface area (Å²) in [4.78, 5) is 25.6. The average molecular weight is 242 g/mol. The Morgan fingerprint density at radius 2 is 2.06 bits per heavy atom. The van der Waals surface area contributed by atoms with Gasteiger partial charge in [-0.15, -0.1) is 0 Å². The minimum atomic E-state index is -0.824. The summed E-state index contributed by atoms with van der Waals surface area (Å²) in [6.45, 7) is 10.0. The molecule has 1 aliphatic heterocycles. The number of carbonyl (C=O) groups is 2. The van der Waals surface area contributed by atoms with Crippen molar-refractivity contribution in [3.05, 3.63) is 0 Å². The van der Waals surface area contributed by atoms with E-state index in [1.54, 1.807) is 25.7 Å². The van der Waals surface area contributed by atoms with Crippen molar-refractivity contribution in [3.8, 4) is 0 Å². The largest absolute Gasteiger partial charge is 0.377 e. The van der Waals surface area contributed by atoms with Crippen molar-refractivity contribution in [2.24, 2.45) is 0 Å². The zero-order valence-electron chi connectivity index (χ0n) is 11.2. The second kappa shape index (κ2) is 5.04. The number of piperazine rings is 1. The maximum Gasteiger partial charge on any atom is 0.248 e. The number of nitrogens with zero attached hydrogens (tertiary/aromatic N) is 1. The predicted molar refractivity (Wildman–Crippen MR) is 64.5 cm³/mol. The predicted octanol–water partition coefficient (Wildman–Crippen LogP) is 0.537. The normalized spacial score (nSPS) is 25.7. The van der Waals surface area contributed by atoms with Crippen molar-refractivity contribution < 1.29 is 14.3 Å². The van der Waals surface area contributed by atoms with Gasteiger partial charge in [-0.2, -0.15) is 0 Å². The fourth-order valence-electron chi connectivity index (χ4n) is 2.00. The highest BCUT2D eigenvalue weighted by atomic mass is 16.5. The molecule has 1 aliphatic rings. The summed E-state index contributed by atoms with van der Waals surface area (Å²) in [5.74, 6) is -0.172. The van der Waals surface area contributed by atoms with Crippen LogP contribution >= 0.6 is 0 Å². The van der Waals surface area contributed by atoms with Crippen LogP contribution in [0.2, 0.25) is 0 Å². The molecule has 0 radical (unpaired) electrons. The van der Waals surface area contributed by atoms with Crippen LogP contribution in [0.5, 0.6) is 0 Å². The van der Waals surface area contributed by atoms with E-state index in [-0.39, 0.29) is 17.9 Å². The number of ether oxygens (including phenoxy) is 1. The van der Waals surface area contributed by atoms with Crippen molar-refractivity contribution >= 4 is 11.8 Å². The number of hydrogen-bond donors (Lipinski definition) is 1. The van der Waals surface area contributed by atoms with Crippen molar-refractivity contribution in [1.29, 1.82) is 0 Å². The van der Waals surface area contributed by atoms with E-state index >= 15 is 0 Å². The molecule has 1 fully saturated rings. The van der Waals surface area contributed by atoms with Crippen LogP contribution in [-0.2, 0) is 14.3 Å². The van der Waals surface area contributed by atoms with E-state index in [0.29, 0.717) is 13.2 Å². The number of hydrogen-bond acceptors (Lipinski definition) is 3. The van der Waals surface area contributed by atoms with Gasteiger partial charge in [0.2, 0.25) is 11.8 Å². The van der Waals surface area contributed by atoms with Crippen LogP contribution < -0.4 is 5.32 Å². The Bertz CT molecular complexity index is 315. The van der Waals surface area contributed by atoms with Crippen LogP contribution in [0.4, 0.5) is 0 Å². The number of carbonyl (C=O) groups excluding carboxylic acids is 2. The molecular weight excluding hydrogens is 220 g/mol. The molecular formula is C12H22N2O3. The molecule has 0 bridgehead atoms. The number of amides is 2. The zero-order chi connectivity index (χ0) is 13.2. The van der Waals surface area contributed by atoms with Gasteiger partial charge in [-0.05, 0) is 34.6 Å². The van der Waals surface area contributed by atoms with Crippen LogP contribution in [0.3, 0.4) is 0 Å². The van der Waals surface area contributed by atoms with Gasteiger partial charge in [0.15, 0.2) is 0 Å². The number of rotatable bonds is 4. The fraction of sp³-hybridized carbons (Fsp3) is 0.833. The van der Waals surface area contributed by atoms with E-state index in [0.717, 1.165) is 0 Å². The molecule has 2 atom stereocenters. The first-order valence-electron chi connectivity index (χ1n) is 6.04. The molecule has 0 aromatic heterocycles. The monoisotopic (exact) mass is 242 g/mol. The van der Waals surface area contributed by atoms with Gasteiger partial charge in [-0.1, -0.05) is 0 Å². The lowest BCUT2D eigenvalue weighted by Gasteiger charge is -2.42. The molecule has 1 heterocycles. The van der Waals surface area contributed by atoms with Crippen LogP contribution in [0.15, 0.2) is 0 Å². The smallest absolute Gasteiger partial charge is 0.248 e. The Morgan fingerprint density at radius 1 is 1.47 bits per heavy atom. The average Bonchev–Trinajstić information content (AvgIpc) is 2.22. The Kier molecular flexibility index (Phi) is 4.14. The van der Waals surface area contributed by atoms with Gasteiger partial charge in [0.1, 0.15) is 11.6 Å². The Morgan fingerprint density at radius 3 is 2.59 bits per heavy atom. The second-order valence-electron chi connectivity index (χ2n) is 5.01. The maximum atomic E-state index is 12.2. The van der Waals surface area contributed by atoms with Crippen molar-refractivity contribution in [2.75, 3.05) is 13.2 Å². The molecule has 17 heavy (non-hydrogen) atoms. The topological polar surface area (TPSA) is 58.6 Å². The van der Waals surface area contributed by atoms with Gasteiger partial charge in [-0.25, -0.2) is 0 Å². The maximum absolute atomic E-state index is 12.2. The summed E-state index contributed by atoms with van der Waals surface area (Å²) in [6.07, 6.45) is -0.0619. The lowest BCUT2D eigenvalue weighted by Crippen LogP contribution is -2.68. The Hall–Kier alpha value is -1.10. The molecule has 1 saturated heterocycles. The third-order valence-electron chi connectivity index (χ3n) is 2.98. The highest BCUT2D eigenvalue weighted by Gasteiger charge is 2.43. The summed E-state index contributed by atoms with van der Waals surface area (Å²) in [6, 6.07) is -0.432. The van der Waals surface area contributed by atoms with Gasteiger partial charge in [0, 0.05) is 13.2 Å². The Balaban J connectivity index is 2.79. The van der Waals surface area contributed by atoms with Gasteiger partial charge in [0.25, 0.3) is 0 Å². The first-order valence-corrected chi connectivity index (χ1v) is 6.04. The molecule has 2 amide bonds. The summed E-state index contributed by atoms with van der Waals surface area (Å²) < 4.78 is 5.42.